The summed E-state index contributed by atoms with van der Waals surface area (Å²) in [5.41, 5.74) is 1.05. The zero-order chi connectivity index (χ0) is 25.0. The molecule has 3 aromatic carbocycles. The van der Waals surface area contributed by atoms with Crippen molar-refractivity contribution in [2.75, 3.05) is 24.3 Å². The zero-order valence-electron chi connectivity index (χ0n) is 18.7. The lowest BCUT2D eigenvalue weighted by Gasteiger charge is -2.14. The van der Waals surface area contributed by atoms with Crippen molar-refractivity contribution >= 4 is 27.3 Å². The van der Waals surface area contributed by atoms with Crippen LogP contribution < -0.4 is 19.5 Å². The molecule has 0 aliphatic rings. The van der Waals surface area contributed by atoms with Gasteiger partial charge in [0, 0.05) is 17.6 Å². The first-order valence-electron chi connectivity index (χ1n) is 10.3. The Balaban J connectivity index is 1.56. The van der Waals surface area contributed by atoms with Crippen molar-refractivity contribution in [1.82, 2.24) is 9.78 Å². The molecular weight excluding hydrogens is 475 g/mol. The van der Waals surface area contributed by atoms with Crippen LogP contribution in [0.3, 0.4) is 0 Å². The monoisotopic (exact) mass is 496 g/mol. The van der Waals surface area contributed by atoms with Gasteiger partial charge in [-0.15, -0.1) is 0 Å². The number of hydrogen-bond donors (Lipinski definition) is 2. The summed E-state index contributed by atoms with van der Waals surface area (Å²) in [5, 5.41) is 6.79. The number of methoxy groups -OCH3 is 2. The van der Waals surface area contributed by atoms with E-state index in [9.17, 15) is 17.6 Å². The largest absolute Gasteiger partial charge is 0.497 e. The molecule has 1 aromatic heterocycles. The number of hydrogen-bond acceptors (Lipinski definition) is 6. The van der Waals surface area contributed by atoms with Gasteiger partial charge < -0.3 is 14.8 Å². The minimum atomic E-state index is -4.06. The predicted molar refractivity (Wildman–Crippen MR) is 128 cm³/mol. The van der Waals surface area contributed by atoms with E-state index in [1.54, 1.807) is 30.3 Å². The standard InChI is InChI=1S/C24H21FN4O5S/c1-33-20-9-6-17(7-10-20)28-35(31,32)23-15-18(8-11-22(23)34-2)26-24(30)21-12-13-29(27-21)19-5-3-4-16(25)14-19/h3-15,28H,1-2H3,(H,26,30). The highest BCUT2D eigenvalue weighted by molar-refractivity contribution is 7.92. The lowest BCUT2D eigenvalue weighted by Crippen LogP contribution is -2.16. The normalized spacial score (nSPS) is 11.1. The fraction of sp³-hybridized carbons (Fsp3) is 0.0833. The van der Waals surface area contributed by atoms with Crippen molar-refractivity contribution in [1.29, 1.82) is 0 Å². The van der Waals surface area contributed by atoms with Crippen molar-refractivity contribution in [2.24, 2.45) is 0 Å². The van der Waals surface area contributed by atoms with E-state index in [2.05, 4.69) is 15.1 Å². The molecule has 0 aliphatic carbocycles. The minimum absolute atomic E-state index is 0.0610. The minimum Gasteiger partial charge on any atom is -0.497 e. The van der Waals surface area contributed by atoms with E-state index >= 15 is 0 Å². The van der Waals surface area contributed by atoms with Crippen LogP contribution in [0.4, 0.5) is 15.8 Å². The lowest BCUT2D eigenvalue weighted by molar-refractivity contribution is 0.102. The Morgan fingerprint density at radius 2 is 1.69 bits per heavy atom. The van der Waals surface area contributed by atoms with E-state index < -0.39 is 21.7 Å². The Bertz CT molecular complexity index is 1470. The summed E-state index contributed by atoms with van der Waals surface area (Å²) >= 11 is 0. The van der Waals surface area contributed by atoms with Gasteiger partial charge in [0.15, 0.2) is 5.69 Å². The molecule has 11 heteroatoms. The van der Waals surface area contributed by atoms with Gasteiger partial charge in [-0.1, -0.05) is 6.07 Å². The first kappa shape index (κ1) is 23.8. The van der Waals surface area contributed by atoms with Crippen molar-refractivity contribution in [3.8, 4) is 17.2 Å². The highest BCUT2D eigenvalue weighted by atomic mass is 32.2. The molecule has 0 fully saturated rings. The topological polar surface area (TPSA) is 112 Å². The van der Waals surface area contributed by atoms with Crippen LogP contribution in [0.25, 0.3) is 5.69 Å². The average molecular weight is 497 g/mol. The number of halogens is 1. The Morgan fingerprint density at radius 3 is 2.37 bits per heavy atom. The van der Waals surface area contributed by atoms with Crippen LogP contribution >= 0.6 is 0 Å². The maximum absolute atomic E-state index is 13.5. The number of aromatic nitrogens is 2. The molecule has 9 nitrogen and oxygen atoms in total. The molecule has 1 amide bonds. The van der Waals surface area contributed by atoms with Gasteiger partial charge in [0.1, 0.15) is 22.2 Å². The maximum Gasteiger partial charge on any atom is 0.276 e. The van der Waals surface area contributed by atoms with E-state index in [4.69, 9.17) is 9.47 Å². The number of nitrogens with one attached hydrogen (secondary N) is 2. The molecule has 2 N–H and O–H groups in total. The predicted octanol–water partition coefficient (Wildman–Crippen LogP) is 4.08. The third-order valence-corrected chi connectivity index (χ3v) is 6.35. The van der Waals surface area contributed by atoms with E-state index in [1.165, 1.54) is 67.6 Å². The van der Waals surface area contributed by atoms with Crippen LogP contribution in [-0.4, -0.2) is 38.3 Å². The molecule has 0 spiro atoms. The SMILES string of the molecule is COc1ccc(NS(=O)(=O)c2cc(NC(=O)c3ccn(-c4cccc(F)c4)n3)ccc2OC)cc1. The Kier molecular flexibility index (Phi) is 6.69. The van der Waals surface area contributed by atoms with Gasteiger partial charge in [-0.3, -0.25) is 9.52 Å². The third-order valence-electron chi connectivity index (χ3n) is 4.95. The summed E-state index contributed by atoms with van der Waals surface area (Å²) < 4.78 is 53.7. The molecule has 35 heavy (non-hydrogen) atoms. The molecule has 0 saturated carbocycles. The number of amides is 1. The first-order chi connectivity index (χ1) is 16.8. The second-order valence-corrected chi connectivity index (χ2v) is 8.93. The second kappa shape index (κ2) is 9.85. The molecule has 0 atom stereocenters. The van der Waals surface area contributed by atoms with E-state index in [-0.39, 0.29) is 22.0 Å². The maximum atomic E-state index is 13.5. The van der Waals surface area contributed by atoms with Crippen LogP contribution in [0.2, 0.25) is 0 Å². The molecule has 1 heterocycles. The van der Waals surface area contributed by atoms with Crippen LogP contribution in [0, 0.1) is 5.82 Å². The van der Waals surface area contributed by atoms with Crippen molar-refractivity contribution in [3.63, 3.8) is 0 Å². The summed E-state index contributed by atoms with van der Waals surface area (Å²) in [4.78, 5) is 12.6. The number of rotatable bonds is 8. The summed E-state index contributed by atoms with van der Waals surface area (Å²) in [7, 11) is -1.20. The smallest absolute Gasteiger partial charge is 0.276 e. The van der Waals surface area contributed by atoms with Gasteiger partial charge in [-0.05, 0) is 66.7 Å². The van der Waals surface area contributed by atoms with Crippen molar-refractivity contribution in [2.45, 2.75) is 4.90 Å². The third kappa shape index (κ3) is 5.41. The number of carbonyl (C=O) groups is 1. The molecule has 0 unspecified atom stereocenters. The van der Waals surface area contributed by atoms with Crippen LogP contribution in [0.15, 0.2) is 83.9 Å². The highest BCUT2D eigenvalue weighted by Gasteiger charge is 2.21. The summed E-state index contributed by atoms with van der Waals surface area (Å²) in [6, 6.07) is 17.8. The molecule has 0 radical (unpaired) electrons. The number of sulfonamides is 1. The number of carbonyl (C=O) groups excluding carboxylic acids is 1. The Hall–Kier alpha value is -4.38. The van der Waals surface area contributed by atoms with Crippen LogP contribution in [0.5, 0.6) is 11.5 Å². The molecular formula is C24H21FN4O5S. The van der Waals surface area contributed by atoms with Gasteiger partial charge >= 0.3 is 0 Å². The van der Waals surface area contributed by atoms with Crippen molar-refractivity contribution in [3.05, 3.63) is 90.5 Å². The lowest BCUT2D eigenvalue weighted by atomic mass is 10.3. The summed E-state index contributed by atoms with van der Waals surface area (Å²) in [5.74, 6) is -0.328. The first-order valence-corrected chi connectivity index (χ1v) is 11.8. The van der Waals surface area contributed by atoms with E-state index in [0.717, 1.165) is 0 Å². The van der Waals surface area contributed by atoms with Gasteiger partial charge in [0.05, 0.1) is 19.9 Å². The highest BCUT2D eigenvalue weighted by Crippen LogP contribution is 2.29. The zero-order valence-corrected chi connectivity index (χ0v) is 19.5. The van der Waals surface area contributed by atoms with Crippen LogP contribution in [-0.2, 0) is 10.0 Å². The molecule has 180 valence electrons. The van der Waals surface area contributed by atoms with E-state index in [1.807, 2.05) is 0 Å². The van der Waals surface area contributed by atoms with Crippen LogP contribution in [0.1, 0.15) is 10.5 Å². The quantitative estimate of drug-likeness (QED) is 0.380. The van der Waals surface area contributed by atoms with Gasteiger partial charge in [0.2, 0.25) is 0 Å². The average Bonchev–Trinajstić information content (AvgIpc) is 3.35. The molecule has 4 rings (SSSR count). The molecule has 4 aromatic rings. The van der Waals surface area contributed by atoms with Gasteiger partial charge in [0.25, 0.3) is 15.9 Å². The fourth-order valence-electron chi connectivity index (χ4n) is 3.24. The number of nitrogens with zero attached hydrogens (tertiary/aromatic N) is 2. The van der Waals surface area contributed by atoms with E-state index in [0.29, 0.717) is 17.1 Å². The second-order valence-electron chi connectivity index (χ2n) is 7.28. The van der Waals surface area contributed by atoms with Gasteiger partial charge in [-0.2, -0.15) is 5.10 Å². The number of benzene rings is 3. The Labute approximate surface area is 201 Å². The Morgan fingerprint density at radius 1 is 0.943 bits per heavy atom. The molecule has 0 aliphatic heterocycles. The molecule has 0 saturated heterocycles. The van der Waals surface area contributed by atoms with Crippen molar-refractivity contribution < 1.29 is 27.1 Å². The number of anilines is 2. The summed E-state index contributed by atoms with van der Waals surface area (Å²) in [6.45, 7) is 0. The molecule has 0 bridgehead atoms. The summed E-state index contributed by atoms with van der Waals surface area (Å²) in [6.07, 6.45) is 1.52. The fourth-order valence-corrected chi connectivity index (χ4v) is 4.49. The van der Waals surface area contributed by atoms with Gasteiger partial charge in [-0.25, -0.2) is 17.5 Å². The number of ether oxygens (including phenoxy) is 2.